The Labute approximate surface area is 110 Å². The van der Waals surface area contributed by atoms with E-state index >= 15 is 0 Å². The number of nitriles is 3. The van der Waals surface area contributed by atoms with Crippen LogP contribution in [0.1, 0.15) is 5.56 Å². The molecule has 1 aromatic rings. The molecule has 7 heteroatoms. The van der Waals surface area contributed by atoms with Gasteiger partial charge in [-0.3, -0.25) is 0 Å². The van der Waals surface area contributed by atoms with E-state index in [1.54, 1.807) is 37.3 Å². The lowest BCUT2D eigenvalue weighted by atomic mass is 9.77. The first-order valence-electron chi connectivity index (χ1n) is 5.22. The smallest absolute Gasteiger partial charge is 0.423 e. The monoisotopic (exact) mass is 252 g/mol. The topological polar surface area (TPSA) is 124 Å². The number of nitrogens with zero attached hydrogens (tertiary/aromatic N) is 3. The van der Waals surface area contributed by atoms with Crippen molar-refractivity contribution in [2.75, 3.05) is 5.32 Å². The van der Waals surface area contributed by atoms with Gasteiger partial charge in [0.25, 0.3) is 0 Å². The molecule has 0 bridgehead atoms. The van der Waals surface area contributed by atoms with Crippen LogP contribution in [0.5, 0.6) is 0 Å². The van der Waals surface area contributed by atoms with Crippen LogP contribution in [0.15, 0.2) is 29.5 Å². The van der Waals surface area contributed by atoms with Crippen molar-refractivity contribution in [3.63, 3.8) is 0 Å². The third kappa shape index (κ3) is 3.11. The molecule has 0 saturated carbocycles. The molecule has 0 unspecified atom stereocenters. The molecule has 0 aliphatic heterocycles. The molecule has 0 aliphatic carbocycles. The van der Waals surface area contributed by atoms with Gasteiger partial charge in [0.1, 0.15) is 23.9 Å². The van der Waals surface area contributed by atoms with E-state index in [0.29, 0.717) is 11.3 Å². The van der Waals surface area contributed by atoms with Crippen LogP contribution in [0.25, 0.3) is 0 Å². The summed E-state index contributed by atoms with van der Waals surface area (Å²) in [4.78, 5) is 0. The molecule has 0 fully saturated rings. The Balaban J connectivity index is 3.26. The zero-order valence-electron chi connectivity index (χ0n) is 10.0. The van der Waals surface area contributed by atoms with Gasteiger partial charge in [0.2, 0.25) is 0 Å². The Morgan fingerprint density at radius 1 is 1.16 bits per heavy atom. The van der Waals surface area contributed by atoms with E-state index in [2.05, 4.69) is 5.32 Å². The van der Waals surface area contributed by atoms with Gasteiger partial charge < -0.3 is 15.4 Å². The Kier molecular flexibility index (Phi) is 4.68. The van der Waals surface area contributed by atoms with Crippen LogP contribution in [0, 0.1) is 40.9 Å². The average Bonchev–Trinajstić information content (AvgIpc) is 2.40. The quantitative estimate of drug-likeness (QED) is 0.510. The van der Waals surface area contributed by atoms with Gasteiger partial charge in [-0.15, -0.1) is 0 Å². The third-order valence-electron chi connectivity index (χ3n) is 2.50. The van der Waals surface area contributed by atoms with Gasteiger partial charge in [0, 0.05) is 5.69 Å². The van der Waals surface area contributed by atoms with E-state index in [1.807, 2.05) is 0 Å². The molecule has 6 nitrogen and oxygen atoms in total. The molecule has 0 aromatic heterocycles. The molecule has 0 amide bonds. The Hall–Kier alpha value is -2.79. The van der Waals surface area contributed by atoms with Crippen molar-refractivity contribution >= 4 is 18.3 Å². The summed E-state index contributed by atoms with van der Waals surface area (Å²) in [6, 6.07) is 9.65. The van der Waals surface area contributed by atoms with Gasteiger partial charge in [0.15, 0.2) is 5.57 Å². The third-order valence-corrected chi connectivity index (χ3v) is 2.50. The lowest BCUT2D eigenvalue weighted by Gasteiger charge is -2.12. The van der Waals surface area contributed by atoms with Crippen LogP contribution in [-0.2, 0) is 0 Å². The second kappa shape index (κ2) is 6.23. The first kappa shape index (κ1) is 14.3. The minimum Gasteiger partial charge on any atom is -0.423 e. The fourth-order valence-electron chi connectivity index (χ4n) is 1.49. The maximum atomic E-state index is 9.17. The maximum Gasteiger partial charge on any atom is 0.488 e. The highest BCUT2D eigenvalue weighted by molar-refractivity contribution is 6.59. The van der Waals surface area contributed by atoms with Crippen molar-refractivity contribution in [1.29, 1.82) is 15.8 Å². The standard InChI is InChI=1S/C12H9BN4O2/c1-8-10(13(18)19)3-2-4-11(8)17-12(7-16)9(5-14)6-15/h2-4,17-19H,1H3. The maximum absolute atomic E-state index is 9.17. The minimum absolute atomic E-state index is 0.183. The predicted octanol–water partition coefficient (Wildman–Crippen LogP) is -0.0884. The molecule has 0 saturated heterocycles. The van der Waals surface area contributed by atoms with E-state index in [4.69, 9.17) is 25.8 Å². The van der Waals surface area contributed by atoms with Gasteiger partial charge in [-0.25, -0.2) is 0 Å². The number of nitrogens with one attached hydrogen (secondary N) is 1. The van der Waals surface area contributed by atoms with Gasteiger partial charge in [-0.05, 0) is 24.0 Å². The van der Waals surface area contributed by atoms with Crippen molar-refractivity contribution < 1.29 is 10.0 Å². The molecule has 19 heavy (non-hydrogen) atoms. The van der Waals surface area contributed by atoms with Crippen molar-refractivity contribution in [1.82, 2.24) is 0 Å². The number of rotatable bonds is 3. The fourth-order valence-corrected chi connectivity index (χ4v) is 1.49. The molecule has 0 aliphatic rings. The summed E-state index contributed by atoms with van der Waals surface area (Å²) in [6.45, 7) is 1.63. The lowest BCUT2D eigenvalue weighted by molar-refractivity contribution is 0.425. The zero-order valence-corrected chi connectivity index (χ0v) is 10.0. The van der Waals surface area contributed by atoms with Crippen LogP contribution >= 0.6 is 0 Å². The van der Waals surface area contributed by atoms with Gasteiger partial charge >= 0.3 is 7.12 Å². The Morgan fingerprint density at radius 3 is 2.26 bits per heavy atom. The fraction of sp³-hybridized carbons (Fsp3) is 0.0833. The number of hydrogen-bond acceptors (Lipinski definition) is 6. The van der Waals surface area contributed by atoms with Crippen LogP contribution in [0.3, 0.4) is 0 Å². The van der Waals surface area contributed by atoms with E-state index in [1.165, 1.54) is 6.07 Å². The second-order valence-electron chi connectivity index (χ2n) is 3.60. The van der Waals surface area contributed by atoms with E-state index in [-0.39, 0.29) is 16.7 Å². The predicted molar refractivity (Wildman–Crippen MR) is 68.5 cm³/mol. The summed E-state index contributed by atoms with van der Waals surface area (Å²) in [5.74, 6) is 0. The molecule has 0 spiro atoms. The highest BCUT2D eigenvalue weighted by Crippen LogP contribution is 2.16. The number of anilines is 1. The van der Waals surface area contributed by atoms with Crippen LogP contribution < -0.4 is 10.8 Å². The Bertz CT molecular complexity index is 631. The van der Waals surface area contributed by atoms with Crippen molar-refractivity contribution in [3.8, 4) is 18.2 Å². The van der Waals surface area contributed by atoms with E-state index < -0.39 is 7.12 Å². The van der Waals surface area contributed by atoms with Crippen molar-refractivity contribution in [2.24, 2.45) is 0 Å². The summed E-state index contributed by atoms with van der Waals surface area (Å²) < 4.78 is 0. The summed E-state index contributed by atoms with van der Waals surface area (Å²) in [7, 11) is -1.64. The average molecular weight is 252 g/mol. The van der Waals surface area contributed by atoms with Gasteiger partial charge in [-0.2, -0.15) is 15.8 Å². The normalized spacial score (nSPS) is 8.63. The van der Waals surface area contributed by atoms with E-state index in [9.17, 15) is 0 Å². The number of benzene rings is 1. The number of allylic oxidation sites excluding steroid dienone is 2. The van der Waals surface area contributed by atoms with Gasteiger partial charge in [0.05, 0.1) is 0 Å². The molecule has 0 atom stereocenters. The Morgan fingerprint density at radius 2 is 1.79 bits per heavy atom. The molecule has 1 rings (SSSR count). The second-order valence-corrected chi connectivity index (χ2v) is 3.60. The molecular weight excluding hydrogens is 243 g/mol. The number of hydrogen-bond donors (Lipinski definition) is 3. The molecular formula is C12H9BN4O2. The van der Waals surface area contributed by atoms with E-state index in [0.717, 1.165) is 0 Å². The minimum atomic E-state index is -1.64. The molecule has 0 radical (unpaired) electrons. The first-order valence-corrected chi connectivity index (χ1v) is 5.22. The SMILES string of the molecule is Cc1c(NC(C#N)=C(C#N)C#N)cccc1B(O)O. The van der Waals surface area contributed by atoms with Crippen molar-refractivity contribution in [2.45, 2.75) is 6.92 Å². The highest BCUT2D eigenvalue weighted by atomic mass is 16.4. The molecule has 1 aromatic carbocycles. The summed E-state index contributed by atoms with van der Waals surface area (Å²) in [5, 5.41) is 47.3. The summed E-state index contributed by atoms with van der Waals surface area (Å²) in [5.41, 5.74) is 0.693. The lowest BCUT2D eigenvalue weighted by Crippen LogP contribution is -2.32. The highest BCUT2D eigenvalue weighted by Gasteiger charge is 2.16. The first-order chi connectivity index (χ1) is 9.04. The van der Waals surface area contributed by atoms with Crippen LogP contribution in [-0.4, -0.2) is 17.2 Å². The zero-order chi connectivity index (χ0) is 14.4. The van der Waals surface area contributed by atoms with Gasteiger partial charge in [-0.1, -0.05) is 12.1 Å². The largest absolute Gasteiger partial charge is 0.488 e. The van der Waals surface area contributed by atoms with Crippen molar-refractivity contribution in [3.05, 3.63) is 35.0 Å². The summed E-state index contributed by atoms with van der Waals surface area (Å²) >= 11 is 0. The summed E-state index contributed by atoms with van der Waals surface area (Å²) in [6.07, 6.45) is 0. The molecule has 3 N–H and O–H groups in total. The molecule has 92 valence electrons. The van der Waals surface area contributed by atoms with Crippen LogP contribution in [0.2, 0.25) is 0 Å². The molecule has 0 heterocycles. The van der Waals surface area contributed by atoms with Crippen LogP contribution in [0.4, 0.5) is 5.69 Å².